The van der Waals surface area contributed by atoms with E-state index >= 15 is 0 Å². The van der Waals surface area contributed by atoms with Gasteiger partial charge < -0.3 is 4.90 Å². The van der Waals surface area contributed by atoms with Crippen LogP contribution in [0.2, 0.25) is 0 Å². The summed E-state index contributed by atoms with van der Waals surface area (Å²) in [4.78, 5) is 2.10. The molecule has 1 fully saturated rings. The summed E-state index contributed by atoms with van der Waals surface area (Å²) in [5.74, 6) is 0.325. The maximum absolute atomic E-state index is 12.8. The fourth-order valence-corrected chi connectivity index (χ4v) is 1.77. The van der Waals surface area contributed by atoms with Gasteiger partial charge in [0.05, 0.1) is 11.3 Å². The highest BCUT2D eigenvalue weighted by Crippen LogP contribution is 2.27. The number of nitrogens with zero attached hydrogens (tertiary/aromatic N) is 2. The van der Waals surface area contributed by atoms with Crippen molar-refractivity contribution in [3.63, 3.8) is 0 Å². The predicted octanol–water partition coefficient (Wildman–Crippen LogP) is 2.15. The van der Waals surface area contributed by atoms with Crippen molar-refractivity contribution < 1.29 is 4.39 Å². The molecule has 0 saturated carbocycles. The zero-order valence-corrected chi connectivity index (χ0v) is 8.00. The topological polar surface area (TPSA) is 27.0 Å². The molecule has 0 spiro atoms. The van der Waals surface area contributed by atoms with E-state index in [-0.39, 0.29) is 5.82 Å². The lowest BCUT2D eigenvalue weighted by atomic mass is 10.0. The van der Waals surface area contributed by atoms with Gasteiger partial charge in [-0.2, -0.15) is 5.26 Å². The maximum Gasteiger partial charge on any atom is 0.124 e. The SMILES string of the molecule is CC1CN(c2ccc(F)cc2C#N)C1. The largest absolute Gasteiger partial charge is 0.370 e. The molecule has 0 radical (unpaired) electrons. The lowest BCUT2D eigenvalue weighted by molar-refractivity contribution is 0.447. The van der Waals surface area contributed by atoms with Gasteiger partial charge in [0.15, 0.2) is 0 Å². The maximum atomic E-state index is 12.8. The molecule has 0 N–H and O–H groups in total. The summed E-state index contributed by atoms with van der Waals surface area (Å²) in [6.45, 7) is 4.08. The van der Waals surface area contributed by atoms with Crippen LogP contribution >= 0.6 is 0 Å². The lowest BCUT2D eigenvalue weighted by Crippen LogP contribution is -2.45. The smallest absolute Gasteiger partial charge is 0.124 e. The molecule has 1 aromatic rings. The van der Waals surface area contributed by atoms with Crippen LogP contribution in [0.3, 0.4) is 0 Å². The first kappa shape index (κ1) is 9.01. The van der Waals surface area contributed by atoms with E-state index in [0.717, 1.165) is 18.8 Å². The molecule has 2 rings (SSSR count). The van der Waals surface area contributed by atoms with E-state index in [0.29, 0.717) is 11.5 Å². The van der Waals surface area contributed by atoms with E-state index < -0.39 is 0 Å². The Hall–Kier alpha value is -1.56. The number of nitriles is 1. The van der Waals surface area contributed by atoms with Crippen molar-refractivity contribution in [2.75, 3.05) is 18.0 Å². The van der Waals surface area contributed by atoms with E-state index in [1.54, 1.807) is 6.07 Å². The van der Waals surface area contributed by atoms with Crippen LogP contribution in [0.4, 0.5) is 10.1 Å². The van der Waals surface area contributed by atoms with Gasteiger partial charge in [-0.05, 0) is 24.1 Å². The number of hydrogen-bond donors (Lipinski definition) is 0. The van der Waals surface area contributed by atoms with Crippen molar-refractivity contribution in [1.82, 2.24) is 0 Å². The summed E-state index contributed by atoms with van der Waals surface area (Å²) in [6.07, 6.45) is 0. The highest BCUT2D eigenvalue weighted by atomic mass is 19.1. The van der Waals surface area contributed by atoms with E-state index in [1.165, 1.54) is 12.1 Å². The Labute approximate surface area is 82.6 Å². The van der Waals surface area contributed by atoms with E-state index in [9.17, 15) is 4.39 Å². The Bertz CT molecular complexity index is 389. The lowest BCUT2D eigenvalue weighted by Gasteiger charge is -2.39. The van der Waals surface area contributed by atoms with Crippen molar-refractivity contribution in [3.05, 3.63) is 29.6 Å². The van der Waals surface area contributed by atoms with Crippen LogP contribution < -0.4 is 4.90 Å². The zero-order valence-electron chi connectivity index (χ0n) is 8.00. The average molecular weight is 190 g/mol. The third-order valence-electron chi connectivity index (χ3n) is 2.48. The molecular formula is C11H11FN2. The summed E-state index contributed by atoms with van der Waals surface area (Å²) in [5.41, 5.74) is 1.28. The quantitative estimate of drug-likeness (QED) is 0.678. The van der Waals surface area contributed by atoms with Crippen LogP contribution in [0.15, 0.2) is 18.2 Å². The Balaban J connectivity index is 2.30. The summed E-state index contributed by atoms with van der Waals surface area (Å²) >= 11 is 0. The molecule has 1 aromatic carbocycles. The van der Waals surface area contributed by atoms with Gasteiger partial charge >= 0.3 is 0 Å². The molecule has 0 amide bonds. The van der Waals surface area contributed by atoms with Crippen LogP contribution in [0.5, 0.6) is 0 Å². The summed E-state index contributed by atoms with van der Waals surface area (Å²) < 4.78 is 12.8. The molecule has 1 heterocycles. The fraction of sp³-hybridized carbons (Fsp3) is 0.364. The molecule has 1 saturated heterocycles. The second-order valence-electron chi connectivity index (χ2n) is 3.78. The van der Waals surface area contributed by atoms with Crippen molar-refractivity contribution in [1.29, 1.82) is 5.26 Å². The minimum absolute atomic E-state index is 0.348. The first-order valence-corrected chi connectivity index (χ1v) is 4.65. The number of anilines is 1. The average Bonchev–Trinajstić information content (AvgIpc) is 2.13. The molecule has 72 valence electrons. The van der Waals surface area contributed by atoms with Gasteiger partial charge in [-0.3, -0.25) is 0 Å². The number of rotatable bonds is 1. The Morgan fingerprint density at radius 2 is 2.21 bits per heavy atom. The van der Waals surface area contributed by atoms with Gasteiger partial charge in [-0.25, -0.2) is 4.39 Å². The molecule has 0 atom stereocenters. The molecule has 0 aromatic heterocycles. The Kier molecular flexibility index (Phi) is 2.12. The molecule has 1 aliphatic rings. The van der Waals surface area contributed by atoms with Crippen LogP contribution in [0, 0.1) is 23.1 Å². The monoisotopic (exact) mass is 190 g/mol. The van der Waals surface area contributed by atoms with Gasteiger partial charge in [0.2, 0.25) is 0 Å². The van der Waals surface area contributed by atoms with Gasteiger partial charge in [0, 0.05) is 13.1 Å². The minimum atomic E-state index is -0.348. The van der Waals surface area contributed by atoms with E-state index in [4.69, 9.17) is 5.26 Å². The van der Waals surface area contributed by atoms with Gasteiger partial charge in [0.1, 0.15) is 11.9 Å². The number of benzene rings is 1. The number of hydrogen-bond acceptors (Lipinski definition) is 2. The first-order valence-electron chi connectivity index (χ1n) is 4.65. The summed E-state index contributed by atoms with van der Waals surface area (Å²) in [7, 11) is 0. The molecule has 3 heteroatoms. The molecule has 1 aliphatic heterocycles. The Morgan fingerprint density at radius 1 is 1.50 bits per heavy atom. The highest BCUT2D eigenvalue weighted by Gasteiger charge is 2.24. The second-order valence-corrected chi connectivity index (χ2v) is 3.78. The van der Waals surface area contributed by atoms with Crippen molar-refractivity contribution in [2.45, 2.75) is 6.92 Å². The van der Waals surface area contributed by atoms with Crippen molar-refractivity contribution in [2.24, 2.45) is 5.92 Å². The van der Waals surface area contributed by atoms with Gasteiger partial charge in [-0.1, -0.05) is 6.92 Å². The minimum Gasteiger partial charge on any atom is -0.370 e. The molecule has 0 bridgehead atoms. The second kappa shape index (κ2) is 3.30. The molecular weight excluding hydrogens is 179 g/mol. The van der Waals surface area contributed by atoms with Crippen LogP contribution in [-0.4, -0.2) is 13.1 Å². The zero-order chi connectivity index (χ0) is 10.1. The predicted molar refractivity (Wildman–Crippen MR) is 52.5 cm³/mol. The standard InChI is InChI=1S/C11H11FN2/c1-8-6-14(7-8)11-3-2-10(12)4-9(11)5-13/h2-4,8H,6-7H2,1H3. The number of halogens is 1. The van der Waals surface area contributed by atoms with Crippen molar-refractivity contribution in [3.8, 4) is 6.07 Å². The van der Waals surface area contributed by atoms with Crippen LogP contribution in [0.25, 0.3) is 0 Å². The van der Waals surface area contributed by atoms with Crippen molar-refractivity contribution >= 4 is 5.69 Å². The van der Waals surface area contributed by atoms with Crippen LogP contribution in [0.1, 0.15) is 12.5 Å². The molecule has 0 unspecified atom stereocenters. The normalized spacial score (nSPS) is 16.2. The summed E-state index contributed by atoms with van der Waals surface area (Å²) in [5, 5.41) is 8.83. The van der Waals surface area contributed by atoms with E-state index in [1.807, 2.05) is 6.07 Å². The molecule has 14 heavy (non-hydrogen) atoms. The molecule has 2 nitrogen and oxygen atoms in total. The third kappa shape index (κ3) is 1.44. The van der Waals surface area contributed by atoms with Crippen LogP contribution in [-0.2, 0) is 0 Å². The molecule has 0 aliphatic carbocycles. The third-order valence-corrected chi connectivity index (χ3v) is 2.48. The summed E-state index contributed by atoms with van der Waals surface area (Å²) in [6, 6.07) is 6.39. The van der Waals surface area contributed by atoms with E-state index in [2.05, 4.69) is 11.8 Å². The fourth-order valence-electron chi connectivity index (χ4n) is 1.77. The van der Waals surface area contributed by atoms with Gasteiger partial charge in [0.25, 0.3) is 0 Å². The van der Waals surface area contributed by atoms with Gasteiger partial charge in [-0.15, -0.1) is 0 Å². The first-order chi connectivity index (χ1) is 6.70. The Morgan fingerprint density at radius 3 is 2.79 bits per heavy atom. The highest BCUT2D eigenvalue weighted by molar-refractivity contribution is 5.60.